The minimum Gasteiger partial charge on any atom is -0.504 e. The lowest BCUT2D eigenvalue weighted by atomic mass is 10.2. The summed E-state index contributed by atoms with van der Waals surface area (Å²) in [5, 5.41) is 9.93. The molecular weight excluding hydrogens is 295 g/mol. The van der Waals surface area contributed by atoms with E-state index in [2.05, 4.69) is 0 Å². The van der Waals surface area contributed by atoms with Gasteiger partial charge in [-0.05, 0) is 12.1 Å². The number of ether oxygens (including phenoxy) is 2. The summed E-state index contributed by atoms with van der Waals surface area (Å²) in [4.78, 5) is 22.5. The number of phenolic OH excluding ortho intramolecular Hbond substituents is 1. The molecule has 0 amide bonds. The van der Waals surface area contributed by atoms with Crippen molar-refractivity contribution in [2.75, 3.05) is 0 Å². The minimum absolute atomic E-state index is 0.0677. The summed E-state index contributed by atoms with van der Waals surface area (Å²) in [6.07, 6.45) is 0.00613. The van der Waals surface area contributed by atoms with Crippen LogP contribution in [-0.2, 0) is 14.3 Å². The van der Waals surface area contributed by atoms with Crippen molar-refractivity contribution >= 4 is 35.1 Å². The highest BCUT2D eigenvalue weighted by atomic mass is 35.5. The topological polar surface area (TPSA) is 72.8 Å². The van der Waals surface area contributed by atoms with E-state index in [0.29, 0.717) is 5.02 Å². The first-order valence-corrected chi connectivity index (χ1v) is 5.98. The van der Waals surface area contributed by atoms with Gasteiger partial charge in [-0.15, -0.1) is 0 Å². The van der Waals surface area contributed by atoms with E-state index in [1.54, 1.807) is 0 Å². The molecule has 1 aromatic rings. The van der Waals surface area contributed by atoms with Gasteiger partial charge in [-0.25, -0.2) is 4.79 Å². The summed E-state index contributed by atoms with van der Waals surface area (Å²) in [6.45, 7) is 0. The molecule has 2 rings (SSSR count). The first-order chi connectivity index (χ1) is 8.95. The lowest BCUT2D eigenvalue weighted by molar-refractivity contribution is -0.143. The second-order valence-electron chi connectivity index (χ2n) is 3.74. The molecular formula is C12H8Cl2O5. The molecule has 1 atom stereocenters. The lowest BCUT2D eigenvalue weighted by Gasteiger charge is -2.11. The predicted molar refractivity (Wildman–Crippen MR) is 67.2 cm³/mol. The van der Waals surface area contributed by atoms with E-state index in [1.165, 1.54) is 18.2 Å². The summed E-state index contributed by atoms with van der Waals surface area (Å²) >= 11 is 11.4. The third kappa shape index (κ3) is 3.39. The number of hydrogen-bond acceptors (Lipinski definition) is 5. The van der Waals surface area contributed by atoms with Gasteiger partial charge >= 0.3 is 11.9 Å². The minimum atomic E-state index is -0.844. The smallest absolute Gasteiger partial charge is 0.332 e. The lowest BCUT2D eigenvalue weighted by Crippen LogP contribution is -2.19. The molecule has 0 bridgehead atoms. The molecule has 1 aliphatic rings. The van der Waals surface area contributed by atoms with Crippen molar-refractivity contribution in [2.24, 2.45) is 0 Å². The van der Waals surface area contributed by atoms with Crippen LogP contribution in [0.3, 0.4) is 0 Å². The first-order valence-electron chi connectivity index (χ1n) is 5.22. The van der Waals surface area contributed by atoms with E-state index in [0.717, 1.165) is 6.08 Å². The number of phenols is 1. The van der Waals surface area contributed by atoms with Crippen LogP contribution in [0, 0.1) is 0 Å². The van der Waals surface area contributed by atoms with Crippen LogP contribution in [0.15, 0.2) is 29.3 Å². The summed E-state index contributed by atoms with van der Waals surface area (Å²) in [5.41, 5.74) is 0. The van der Waals surface area contributed by atoms with Gasteiger partial charge in [0.25, 0.3) is 0 Å². The van der Waals surface area contributed by atoms with Crippen LogP contribution in [0.5, 0.6) is 11.5 Å². The fourth-order valence-corrected chi connectivity index (χ4v) is 1.83. The third-order valence-corrected chi connectivity index (χ3v) is 2.91. The molecule has 0 saturated carbocycles. The van der Waals surface area contributed by atoms with E-state index >= 15 is 0 Å². The maximum absolute atomic E-state index is 11.6. The Morgan fingerprint density at radius 1 is 1.42 bits per heavy atom. The maximum atomic E-state index is 11.6. The number of cyclic esters (lactones) is 1. The Kier molecular flexibility index (Phi) is 3.97. The fraction of sp³-hybridized carbons (Fsp3) is 0.167. The highest BCUT2D eigenvalue weighted by Gasteiger charge is 2.28. The normalized spacial score (nSPS) is 17.9. The van der Waals surface area contributed by atoms with E-state index < -0.39 is 18.0 Å². The Morgan fingerprint density at radius 2 is 2.16 bits per heavy atom. The second-order valence-corrected chi connectivity index (χ2v) is 4.62. The van der Waals surface area contributed by atoms with E-state index in [4.69, 9.17) is 32.7 Å². The first kappa shape index (κ1) is 13.7. The van der Waals surface area contributed by atoms with Crippen molar-refractivity contribution in [1.29, 1.82) is 0 Å². The number of carbonyl (C=O) groups is 2. The number of halogens is 2. The van der Waals surface area contributed by atoms with E-state index in [-0.39, 0.29) is 23.0 Å². The number of aromatic hydroxyl groups is 1. The van der Waals surface area contributed by atoms with Crippen LogP contribution >= 0.6 is 23.2 Å². The van der Waals surface area contributed by atoms with Crippen LogP contribution in [0.2, 0.25) is 5.02 Å². The van der Waals surface area contributed by atoms with Gasteiger partial charge in [-0.1, -0.05) is 23.2 Å². The number of carbonyl (C=O) groups excluding carboxylic acids is 2. The Labute approximate surface area is 118 Å². The van der Waals surface area contributed by atoms with Crippen molar-refractivity contribution < 1.29 is 24.2 Å². The Balaban J connectivity index is 2.00. The molecule has 5 nitrogen and oxygen atoms in total. The molecule has 0 radical (unpaired) electrons. The Bertz CT molecular complexity index is 567. The summed E-state index contributed by atoms with van der Waals surface area (Å²) in [5.74, 6) is -1.60. The average molecular weight is 303 g/mol. The van der Waals surface area contributed by atoms with Crippen LogP contribution in [0.25, 0.3) is 0 Å². The molecule has 100 valence electrons. The molecule has 0 spiro atoms. The second kappa shape index (κ2) is 5.50. The van der Waals surface area contributed by atoms with Crippen molar-refractivity contribution in [3.8, 4) is 11.5 Å². The highest BCUT2D eigenvalue weighted by molar-refractivity contribution is 6.32. The molecule has 7 heteroatoms. The molecule has 0 aliphatic carbocycles. The number of esters is 2. The fourth-order valence-electron chi connectivity index (χ4n) is 1.46. The number of benzene rings is 1. The molecule has 0 saturated heterocycles. The van der Waals surface area contributed by atoms with Gasteiger partial charge in [0.2, 0.25) is 0 Å². The standard InChI is InChI=1S/C12H8Cl2O5/c13-6-1-2-8(15)10(3-6)19-12(17)5-9-7(14)4-11(16)18-9/h1-4,9,15H,5H2. The summed E-state index contributed by atoms with van der Waals surface area (Å²) in [7, 11) is 0. The maximum Gasteiger partial charge on any atom is 0.332 e. The zero-order valence-corrected chi connectivity index (χ0v) is 10.9. The van der Waals surface area contributed by atoms with Gasteiger partial charge in [0.15, 0.2) is 11.5 Å². The molecule has 1 heterocycles. The largest absolute Gasteiger partial charge is 0.504 e. The quantitative estimate of drug-likeness (QED) is 0.685. The van der Waals surface area contributed by atoms with Crippen LogP contribution in [0.4, 0.5) is 0 Å². The zero-order chi connectivity index (χ0) is 14.0. The van der Waals surface area contributed by atoms with Gasteiger partial charge in [-0.3, -0.25) is 4.79 Å². The Hall–Kier alpha value is -1.72. The molecule has 1 aromatic carbocycles. The molecule has 19 heavy (non-hydrogen) atoms. The molecule has 0 aromatic heterocycles. The molecule has 1 N–H and O–H groups in total. The molecule has 1 unspecified atom stereocenters. The highest BCUT2D eigenvalue weighted by Crippen LogP contribution is 2.30. The zero-order valence-electron chi connectivity index (χ0n) is 9.43. The number of hydrogen-bond donors (Lipinski definition) is 1. The van der Waals surface area contributed by atoms with Crippen molar-refractivity contribution in [1.82, 2.24) is 0 Å². The van der Waals surface area contributed by atoms with Crippen LogP contribution in [0.1, 0.15) is 6.42 Å². The molecule has 0 fully saturated rings. The monoisotopic (exact) mass is 302 g/mol. The van der Waals surface area contributed by atoms with E-state index in [9.17, 15) is 14.7 Å². The summed E-state index contributed by atoms with van der Waals surface area (Å²) in [6, 6.07) is 4.05. The van der Waals surface area contributed by atoms with Gasteiger partial charge in [-0.2, -0.15) is 0 Å². The van der Waals surface area contributed by atoms with Crippen molar-refractivity contribution in [2.45, 2.75) is 12.5 Å². The van der Waals surface area contributed by atoms with Crippen molar-refractivity contribution in [3.05, 3.63) is 34.3 Å². The number of rotatable bonds is 3. The van der Waals surface area contributed by atoms with Gasteiger partial charge in [0, 0.05) is 17.2 Å². The molecule has 1 aliphatic heterocycles. The Morgan fingerprint density at radius 3 is 2.79 bits per heavy atom. The van der Waals surface area contributed by atoms with Gasteiger partial charge in [0.05, 0.1) is 11.5 Å². The van der Waals surface area contributed by atoms with E-state index in [1.807, 2.05) is 0 Å². The average Bonchev–Trinajstić information content (AvgIpc) is 2.62. The van der Waals surface area contributed by atoms with Crippen molar-refractivity contribution in [3.63, 3.8) is 0 Å². The van der Waals surface area contributed by atoms with Crippen LogP contribution in [-0.4, -0.2) is 23.1 Å². The third-order valence-electron chi connectivity index (χ3n) is 2.32. The summed E-state index contributed by atoms with van der Waals surface area (Å²) < 4.78 is 9.70. The van der Waals surface area contributed by atoms with Gasteiger partial charge < -0.3 is 14.6 Å². The van der Waals surface area contributed by atoms with Gasteiger partial charge in [0.1, 0.15) is 6.10 Å². The predicted octanol–water partition coefficient (Wildman–Crippen LogP) is 2.39. The SMILES string of the molecule is O=C1C=C(Cl)C(CC(=O)Oc2cc(Cl)ccc2O)O1. The van der Waals surface area contributed by atoms with Crippen LogP contribution < -0.4 is 4.74 Å².